The Labute approximate surface area is 242 Å². The SMILES string of the molecule is C=CCOC(=O)C1=C(C)NC(C)=C(C(=O)OCC=C)C1c1cn(-c2ccccc2)nc1-c1ccc(OC)c([N+](=O)[O-])c1. The Balaban J connectivity index is 2.04. The summed E-state index contributed by atoms with van der Waals surface area (Å²) in [6.45, 7) is 10.5. The first-order chi connectivity index (χ1) is 20.2. The van der Waals surface area contributed by atoms with Crippen molar-refractivity contribution < 1.29 is 28.7 Å². The van der Waals surface area contributed by atoms with Crippen molar-refractivity contribution in [3.8, 4) is 22.7 Å². The lowest BCUT2D eigenvalue weighted by Gasteiger charge is -2.30. The van der Waals surface area contributed by atoms with E-state index in [1.165, 1.54) is 31.4 Å². The van der Waals surface area contributed by atoms with Crippen LogP contribution >= 0.6 is 0 Å². The standard InChI is InChI=1S/C31H30N4O7/c1-6-15-41-30(36)26-19(3)32-20(4)27(31(37)42-16-7-2)28(26)23-18-34(22-11-9-8-10-12-22)33-29(23)21-13-14-25(40-5)24(17-21)35(38)39/h6-14,17-18,28,32H,1-2,15-16H2,3-5H3. The van der Waals surface area contributed by atoms with Crippen LogP contribution in [0.15, 0.2) is 103 Å². The van der Waals surface area contributed by atoms with Crippen LogP contribution in [0.1, 0.15) is 25.3 Å². The summed E-state index contributed by atoms with van der Waals surface area (Å²) < 4.78 is 17.7. The third kappa shape index (κ3) is 5.85. The van der Waals surface area contributed by atoms with Crippen molar-refractivity contribution in [3.05, 3.63) is 118 Å². The van der Waals surface area contributed by atoms with Crippen molar-refractivity contribution in [2.75, 3.05) is 20.3 Å². The van der Waals surface area contributed by atoms with E-state index < -0.39 is 22.8 Å². The minimum Gasteiger partial charge on any atom is -0.490 e. The Hall–Kier alpha value is -5.45. The van der Waals surface area contributed by atoms with Gasteiger partial charge in [-0.3, -0.25) is 10.1 Å². The summed E-state index contributed by atoms with van der Waals surface area (Å²) in [7, 11) is 1.34. The number of nitro groups is 1. The number of aromatic nitrogens is 2. The van der Waals surface area contributed by atoms with E-state index >= 15 is 0 Å². The molecule has 1 N–H and O–H groups in total. The maximum absolute atomic E-state index is 13.5. The Morgan fingerprint density at radius 2 is 1.62 bits per heavy atom. The highest BCUT2D eigenvalue weighted by atomic mass is 16.6. The Morgan fingerprint density at radius 3 is 2.14 bits per heavy atom. The topological polar surface area (TPSA) is 135 Å². The van der Waals surface area contributed by atoms with Crippen molar-refractivity contribution in [1.82, 2.24) is 15.1 Å². The molecule has 1 aromatic heterocycles. The summed E-state index contributed by atoms with van der Waals surface area (Å²) in [5.74, 6) is -2.28. The van der Waals surface area contributed by atoms with Gasteiger partial charge < -0.3 is 19.5 Å². The highest BCUT2D eigenvalue weighted by molar-refractivity contribution is 6.00. The molecule has 11 heteroatoms. The number of nitro benzene ring substituents is 1. The van der Waals surface area contributed by atoms with Gasteiger partial charge in [0, 0.05) is 34.8 Å². The minimum atomic E-state index is -1.01. The lowest BCUT2D eigenvalue weighted by molar-refractivity contribution is -0.385. The zero-order valence-electron chi connectivity index (χ0n) is 23.5. The van der Waals surface area contributed by atoms with Crippen LogP contribution in [0, 0.1) is 10.1 Å². The molecule has 216 valence electrons. The molecule has 0 saturated carbocycles. The number of rotatable bonds is 11. The fraction of sp³-hybridized carbons (Fsp3) is 0.194. The Kier molecular flexibility index (Phi) is 9.01. The van der Waals surface area contributed by atoms with Crippen LogP contribution in [-0.4, -0.2) is 47.0 Å². The number of ether oxygens (including phenoxy) is 3. The Morgan fingerprint density at radius 1 is 1.02 bits per heavy atom. The minimum absolute atomic E-state index is 0.0535. The van der Waals surface area contributed by atoms with Gasteiger partial charge in [-0.1, -0.05) is 43.5 Å². The maximum Gasteiger partial charge on any atom is 0.337 e. The lowest BCUT2D eigenvalue weighted by atomic mass is 9.79. The fourth-order valence-corrected chi connectivity index (χ4v) is 4.79. The molecule has 2 aromatic carbocycles. The number of nitrogens with one attached hydrogen (secondary N) is 1. The average molecular weight is 571 g/mol. The quantitative estimate of drug-likeness (QED) is 0.144. The van der Waals surface area contributed by atoms with Gasteiger partial charge in [0.2, 0.25) is 0 Å². The zero-order chi connectivity index (χ0) is 30.4. The highest BCUT2D eigenvalue weighted by Crippen LogP contribution is 2.44. The van der Waals surface area contributed by atoms with E-state index in [0.717, 1.165) is 0 Å². The predicted octanol–water partition coefficient (Wildman–Crippen LogP) is 5.15. The molecule has 0 atom stereocenters. The molecule has 1 aliphatic rings. The van der Waals surface area contributed by atoms with Gasteiger partial charge in [-0.25, -0.2) is 14.3 Å². The zero-order valence-corrected chi connectivity index (χ0v) is 23.5. The largest absolute Gasteiger partial charge is 0.490 e. The number of benzene rings is 2. The average Bonchev–Trinajstić information content (AvgIpc) is 3.43. The summed E-state index contributed by atoms with van der Waals surface area (Å²) in [4.78, 5) is 38.3. The molecule has 11 nitrogen and oxygen atoms in total. The van der Waals surface area contributed by atoms with Gasteiger partial charge in [0.05, 0.1) is 40.5 Å². The molecule has 0 aliphatic carbocycles. The van der Waals surface area contributed by atoms with Crippen LogP contribution in [0.25, 0.3) is 16.9 Å². The van der Waals surface area contributed by atoms with E-state index in [2.05, 4.69) is 18.5 Å². The van der Waals surface area contributed by atoms with Crippen molar-refractivity contribution in [1.29, 1.82) is 0 Å². The van der Waals surface area contributed by atoms with Crippen molar-refractivity contribution in [3.63, 3.8) is 0 Å². The van der Waals surface area contributed by atoms with Crippen molar-refractivity contribution in [2.24, 2.45) is 0 Å². The lowest BCUT2D eigenvalue weighted by Crippen LogP contribution is -2.32. The first kappa shape index (κ1) is 29.5. The molecule has 1 aliphatic heterocycles. The molecule has 0 bridgehead atoms. The number of allylic oxidation sites excluding steroid dienone is 2. The second kappa shape index (κ2) is 12.8. The second-order valence-corrected chi connectivity index (χ2v) is 9.27. The van der Waals surface area contributed by atoms with E-state index in [4.69, 9.17) is 19.3 Å². The first-order valence-corrected chi connectivity index (χ1v) is 12.9. The number of hydrogen-bond acceptors (Lipinski definition) is 9. The molecule has 0 spiro atoms. The highest BCUT2D eigenvalue weighted by Gasteiger charge is 2.40. The van der Waals surface area contributed by atoms with Crippen LogP contribution in [-0.2, 0) is 19.1 Å². The summed E-state index contributed by atoms with van der Waals surface area (Å²) in [6, 6.07) is 13.6. The van der Waals surface area contributed by atoms with Crippen molar-refractivity contribution >= 4 is 17.6 Å². The molecule has 0 amide bonds. The molecular formula is C31H30N4O7. The fourth-order valence-electron chi connectivity index (χ4n) is 4.79. The number of dihydropyridines is 1. The molecule has 42 heavy (non-hydrogen) atoms. The molecule has 0 unspecified atom stereocenters. The number of carbonyl (C=O) groups is 2. The number of methoxy groups -OCH3 is 1. The third-order valence-electron chi connectivity index (χ3n) is 6.59. The van der Waals surface area contributed by atoms with E-state index in [9.17, 15) is 19.7 Å². The summed E-state index contributed by atoms with van der Waals surface area (Å²) in [5.41, 5.74) is 2.77. The van der Waals surface area contributed by atoms with Gasteiger partial charge >= 0.3 is 17.6 Å². The van der Waals surface area contributed by atoms with Gasteiger partial charge in [0.15, 0.2) is 5.75 Å². The normalized spacial score (nSPS) is 13.3. The van der Waals surface area contributed by atoms with Crippen LogP contribution in [0.3, 0.4) is 0 Å². The molecule has 2 heterocycles. The van der Waals surface area contributed by atoms with E-state index in [1.807, 2.05) is 30.3 Å². The number of nitrogens with zero attached hydrogens (tertiary/aromatic N) is 3. The van der Waals surface area contributed by atoms with E-state index in [0.29, 0.717) is 33.9 Å². The first-order valence-electron chi connectivity index (χ1n) is 12.9. The molecular weight excluding hydrogens is 540 g/mol. The monoisotopic (exact) mass is 570 g/mol. The smallest absolute Gasteiger partial charge is 0.337 e. The van der Waals surface area contributed by atoms with Crippen LogP contribution < -0.4 is 10.1 Å². The Bertz CT molecular complexity index is 1570. The maximum atomic E-state index is 13.5. The number of hydrogen-bond donors (Lipinski definition) is 1. The number of para-hydroxylation sites is 1. The molecule has 4 rings (SSSR count). The summed E-state index contributed by atoms with van der Waals surface area (Å²) >= 11 is 0. The van der Waals surface area contributed by atoms with Gasteiger partial charge in [-0.05, 0) is 38.1 Å². The van der Waals surface area contributed by atoms with Gasteiger partial charge in [-0.2, -0.15) is 5.10 Å². The predicted molar refractivity (Wildman–Crippen MR) is 156 cm³/mol. The summed E-state index contributed by atoms with van der Waals surface area (Å²) in [6.07, 6.45) is 4.57. The van der Waals surface area contributed by atoms with E-state index in [1.54, 1.807) is 30.8 Å². The van der Waals surface area contributed by atoms with E-state index in [-0.39, 0.29) is 35.8 Å². The summed E-state index contributed by atoms with van der Waals surface area (Å²) in [5, 5.41) is 19.8. The number of esters is 2. The number of carbonyl (C=O) groups excluding carboxylic acids is 2. The van der Waals surface area contributed by atoms with Gasteiger partial charge in [-0.15, -0.1) is 0 Å². The van der Waals surface area contributed by atoms with Gasteiger partial charge in [0.1, 0.15) is 13.2 Å². The molecule has 0 saturated heterocycles. The third-order valence-corrected chi connectivity index (χ3v) is 6.59. The van der Waals surface area contributed by atoms with Crippen LogP contribution in [0.5, 0.6) is 5.75 Å². The molecule has 0 radical (unpaired) electrons. The van der Waals surface area contributed by atoms with Gasteiger partial charge in [0.25, 0.3) is 0 Å². The second-order valence-electron chi connectivity index (χ2n) is 9.27. The molecule has 3 aromatic rings. The van der Waals surface area contributed by atoms with Crippen molar-refractivity contribution in [2.45, 2.75) is 19.8 Å². The van der Waals surface area contributed by atoms with Crippen LogP contribution in [0.4, 0.5) is 5.69 Å². The van der Waals surface area contributed by atoms with Crippen LogP contribution in [0.2, 0.25) is 0 Å². The molecule has 0 fully saturated rings.